The number of carboxylic acids is 1. The van der Waals surface area contributed by atoms with Crippen LogP contribution in [0, 0.1) is 0 Å². The van der Waals surface area contributed by atoms with Crippen LogP contribution in [0.5, 0.6) is 0 Å². The van der Waals surface area contributed by atoms with Crippen molar-refractivity contribution in [3.05, 3.63) is 82.3 Å². The van der Waals surface area contributed by atoms with E-state index in [1.165, 1.54) is 4.57 Å². The molecule has 1 aromatic heterocycles. The van der Waals surface area contributed by atoms with Crippen LogP contribution in [0.3, 0.4) is 0 Å². The number of carbonyl (C=O) groups is 1. The fourth-order valence-corrected chi connectivity index (χ4v) is 3.15. The minimum absolute atomic E-state index is 0.150. The van der Waals surface area contributed by atoms with E-state index < -0.39 is 18.1 Å². The maximum atomic E-state index is 12.9. The summed E-state index contributed by atoms with van der Waals surface area (Å²) in [6.45, 7) is 0.764. The minimum Gasteiger partial charge on any atom is -0.480 e. The molecule has 150 valence electrons. The van der Waals surface area contributed by atoms with Crippen LogP contribution in [0.4, 0.5) is 5.82 Å². The average Bonchev–Trinajstić information content (AvgIpc) is 2.72. The highest BCUT2D eigenvalue weighted by molar-refractivity contribution is 5.69. The number of anilines is 1. The molecule has 0 amide bonds. The minimum atomic E-state index is -1.08. The number of aromatic nitrogens is 2. The third-order valence-corrected chi connectivity index (χ3v) is 4.50. The van der Waals surface area contributed by atoms with E-state index in [4.69, 9.17) is 0 Å². The molecule has 0 unspecified atom stereocenters. The lowest BCUT2D eigenvalue weighted by molar-refractivity contribution is -0.137. The second kappa shape index (κ2) is 9.66. The Bertz CT molecular complexity index is 1030. The van der Waals surface area contributed by atoms with Gasteiger partial charge in [0.2, 0.25) is 0 Å². The van der Waals surface area contributed by atoms with Crippen LogP contribution in [0.25, 0.3) is 11.3 Å². The molecule has 0 saturated carbocycles. The predicted octanol–water partition coefficient (Wildman–Crippen LogP) is 2.37. The van der Waals surface area contributed by atoms with E-state index in [1.54, 1.807) is 6.20 Å². The molecule has 2 aromatic carbocycles. The second-order valence-corrected chi connectivity index (χ2v) is 6.67. The van der Waals surface area contributed by atoms with Gasteiger partial charge in [0.25, 0.3) is 5.56 Å². The van der Waals surface area contributed by atoms with Crippen molar-refractivity contribution < 1.29 is 9.90 Å². The van der Waals surface area contributed by atoms with E-state index >= 15 is 0 Å². The molecule has 0 atom stereocenters. The van der Waals surface area contributed by atoms with E-state index in [1.807, 2.05) is 61.6 Å². The van der Waals surface area contributed by atoms with E-state index in [0.717, 1.165) is 23.1 Å². The largest absolute Gasteiger partial charge is 0.480 e. The van der Waals surface area contributed by atoms with Crippen LogP contribution in [0.2, 0.25) is 0 Å². The Balaban J connectivity index is 1.88. The highest BCUT2D eigenvalue weighted by Gasteiger charge is 2.14. The number of hydrogen-bond donors (Lipinski definition) is 3. The molecule has 7 nitrogen and oxygen atoms in total. The summed E-state index contributed by atoms with van der Waals surface area (Å²) in [6.07, 6.45) is 2.28. The van der Waals surface area contributed by atoms with Crippen LogP contribution in [-0.2, 0) is 24.3 Å². The quantitative estimate of drug-likeness (QED) is 0.517. The van der Waals surface area contributed by atoms with Crippen molar-refractivity contribution in [1.29, 1.82) is 0 Å². The Morgan fingerprint density at radius 1 is 1.10 bits per heavy atom. The van der Waals surface area contributed by atoms with Crippen molar-refractivity contribution >= 4 is 11.8 Å². The van der Waals surface area contributed by atoms with Crippen molar-refractivity contribution in [3.63, 3.8) is 0 Å². The lowest BCUT2D eigenvalue weighted by atomic mass is 10.1. The zero-order valence-corrected chi connectivity index (χ0v) is 16.3. The summed E-state index contributed by atoms with van der Waals surface area (Å²) in [5.41, 5.74) is 2.95. The van der Waals surface area contributed by atoms with Crippen molar-refractivity contribution in [1.82, 2.24) is 14.9 Å². The molecule has 7 heteroatoms. The molecule has 3 N–H and O–H groups in total. The highest BCUT2D eigenvalue weighted by Crippen LogP contribution is 2.20. The number of hydrogen-bond acceptors (Lipinski definition) is 5. The average molecular weight is 392 g/mol. The van der Waals surface area contributed by atoms with Gasteiger partial charge < -0.3 is 15.7 Å². The highest BCUT2D eigenvalue weighted by atomic mass is 16.4. The molecule has 0 spiro atoms. The Kier molecular flexibility index (Phi) is 6.76. The van der Waals surface area contributed by atoms with Gasteiger partial charge in [0.15, 0.2) is 5.82 Å². The summed E-state index contributed by atoms with van der Waals surface area (Å²) >= 11 is 0. The molecular weight excluding hydrogens is 368 g/mol. The van der Waals surface area contributed by atoms with Gasteiger partial charge in [0.1, 0.15) is 6.54 Å². The molecule has 0 bridgehead atoms. The van der Waals surface area contributed by atoms with E-state index in [9.17, 15) is 14.7 Å². The Hall–Kier alpha value is -3.45. The summed E-state index contributed by atoms with van der Waals surface area (Å²) in [5.74, 6) is -0.932. The Morgan fingerprint density at radius 2 is 1.86 bits per heavy atom. The normalized spacial score (nSPS) is 10.7. The maximum Gasteiger partial charge on any atom is 0.323 e. The van der Waals surface area contributed by atoms with Crippen LogP contribution in [-0.4, -0.2) is 34.2 Å². The first kappa shape index (κ1) is 20.3. The molecule has 0 aliphatic carbocycles. The van der Waals surface area contributed by atoms with E-state index in [0.29, 0.717) is 18.8 Å². The van der Waals surface area contributed by atoms with Gasteiger partial charge in [-0.25, -0.2) is 4.98 Å². The first-order valence-electron chi connectivity index (χ1n) is 9.42. The zero-order chi connectivity index (χ0) is 20.6. The van der Waals surface area contributed by atoms with Gasteiger partial charge >= 0.3 is 5.97 Å². The van der Waals surface area contributed by atoms with Crippen LogP contribution < -0.4 is 16.2 Å². The lowest BCUT2D eigenvalue weighted by Gasteiger charge is -2.14. The molecule has 29 heavy (non-hydrogen) atoms. The van der Waals surface area contributed by atoms with Crippen molar-refractivity contribution in [2.75, 3.05) is 18.9 Å². The summed E-state index contributed by atoms with van der Waals surface area (Å²) < 4.78 is 1.25. The third kappa shape index (κ3) is 5.30. The molecule has 0 radical (unpaired) electrons. The first-order chi connectivity index (χ1) is 14.1. The molecule has 0 saturated heterocycles. The number of nitrogens with zero attached hydrogens (tertiary/aromatic N) is 2. The van der Waals surface area contributed by atoms with Gasteiger partial charge in [-0.15, -0.1) is 0 Å². The zero-order valence-electron chi connectivity index (χ0n) is 16.3. The summed E-state index contributed by atoms with van der Waals surface area (Å²) in [6, 6.07) is 17.5. The standard InChI is InChI=1S/C22H24N4O3/c1-23-13-17-8-5-9-18(12-17)19-14-25-21(22(29)26(19)15-20(27)28)24-11-10-16-6-3-2-4-7-16/h2-9,12,14,23H,10-11,13,15H2,1H3,(H,24,25)(H,27,28). The molecule has 0 fully saturated rings. The number of benzene rings is 2. The van der Waals surface area contributed by atoms with Gasteiger partial charge in [-0.05, 0) is 30.7 Å². The summed E-state index contributed by atoms with van der Waals surface area (Å²) in [4.78, 5) is 28.6. The third-order valence-electron chi connectivity index (χ3n) is 4.50. The van der Waals surface area contributed by atoms with Gasteiger partial charge in [-0.1, -0.05) is 48.5 Å². The van der Waals surface area contributed by atoms with Crippen molar-refractivity contribution in [3.8, 4) is 11.3 Å². The van der Waals surface area contributed by atoms with Crippen molar-refractivity contribution in [2.24, 2.45) is 0 Å². The molecule has 1 heterocycles. The SMILES string of the molecule is CNCc1cccc(-c2cnc(NCCc3ccccc3)c(=O)n2CC(=O)O)c1. The monoisotopic (exact) mass is 392 g/mol. The number of aliphatic carboxylic acids is 1. The van der Waals surface area contributed by atoms with Gasteiger partial charge in [0.05, 0.1) is 11.9 Å². The maximum absolute atomic E-state index is 12.9. The van der Waals surface area contributed by atoms with Gasteiger partial charge in [-0.3, -0.25) is 14.2 Å². The number of carboxylic acid groups (broad SMARTS) is 1. The van der Waals surface area contributed by atoms with Crippen LogP contribution >= 0.6 is 0 Å². The van der Waals surface area contributed by atoms with Crippen LogP contribution in [0.15, 0.2) is 65.6 Å². The molecule has 3 aromatic rings. The number of rotatable bonds is 9. The Morgan fingerprint density at radius 3 is 2.59 bits per heavy atom. The fourth-order valence-electron chi connectivity index (χ4n) is 3.15. The summed E-state index contributed by atoms with van der Waals surface area (Å²) in [5, 5.41) is 15.4. The Labute approximate surface area is 169 Å². The predicted molar refractivity (Wildman–Crippen MR) is 113 cm³/mol. The van der Waals surface area contributed by atoms with E-state index in [2.05, 4.69) is 15.6 Å². The van der Waals surface area contributed by atoms with Gasteiger partial charge in [-0.2, -0.15) is 0 Å². The van der Waals surface area contributed by atoms with Crippen LogP contribution in [0.1, 0.15) is 11.1 Å². The lowest BCUT2D eigenvalue weighted by Crippen LogP contribution is -2.29. The fraction of sp³-hybridized carbons (Fsp3) is 0.227. The molecule has 0 aliphatic rings. The molecular formula is C22H24N4O3. The van der Waals surface area contributed by atoms with Crippen molar-refractivity contribution in [2.45, 2.75) is 19.5 Å². The number of nitrogens with one attached hydrogen (secondary N) is 2. The smallest absolute Gasteiger partial charge is 0.323 e. The topological polar surface area (TPSA) is 96.3 Å². The summed E-state index contributed by atoms with van der Waals surface area (Å²) in [7, 11) is 1.85. The molecule has 3 rings (SSSR count). The van der Waals surface area contributed by atoms with Gasteiger partial charge in [0, 0.05) is 18.7 Å². The second-order valence-electron chi connectivity index (χ2n) is 6.67. The molecule has 0 aliphatic heterocycles. The van der Waals surface area contributed by atoms with E-state index in [-0.39, 0.29) is 5.82 Å². The first-order valence-corrected chi connectivity index (χ1v) is 9.42.